The van der Waals surface area contributed by atoms with Crippen molar-refractivity contribution < 1.29 is 23.8 Å². The lowest BCUT2D eigenvalue weighted by molar-refractivity contribution is -0.142. The standard InChI is InChI=1S/C21H26O5/c1-15(21(23)25-3)16-8-9-18-14-19(11-10-17(18)13-16)26-12-6-4-5-7-20(22)24-2/h8-11,13-15H,4-7,12H2,1-3H3. The summed E-state index contributed by atoms with van der Waals surface area (Å²) in [4.78, 5) is 22.7. The number of carbonyl (C=O) groups is 2. The second-order valence-electron chi connectivity index (χ2n) is 6.25. The molecule has 2 aromatic carbocycles. The maximum atomic E-state index is 11.7. The van der Waals surface area contributed by atoms with E-state index in [4.69, 9.17) is 9.47 Å². The van der Waals surface area contributed by atoms with Gasteiger partial charge in [0.2, 0.25) is 0 Å². The molecule has 0 radical (unpaired) electrons. The number of esters is 2. The Morgan fingerprint density at radius 1 is 0.923 bits per heavy atom. The van der Waals surface area contributed by atoms with Gasteiger partial charge < -0.3 is 14.2 Å². The lowest BCUT2D eigenvalue weighted by atomic mass is 9.98. The molecular weight excluding hydrogens is 332 g/mol. The van der Waals surface area contributed by atoms with Gasteiger partial charge in [-0.15, -0.1) is 0 Å². The molecule has 0 bridgehead atoms. The number of carbonyl (C=O) groups excluding carboxylic acids is 2. The smallest absolute Gasteiger partial charge is 0.312 e. The highest BCUT2D eigenvalue weighted by Crippen LogP contribution is 2.26. The maximum absolute atomic E-state index is 11.7. The molecule has 0 fully saturated rings. The molecule has 0 aromatic heterocycles. The third-order valence-corrected chi connectivity index (χ3v) is 4.41. The minimum atomic E-state index is -0.287. The van der Waals surface area contributed by atoms with Crippen molar-refractivity contribution in [1.29, 1.82) is 0 Å². The van der Waals surface area contributed by atoms with E-state index in [1.165, 1.54) is 14.2 Å². The molecule has 5 nitrogen and oxygen atoms in total. The number of fused-ring (bicyclic) bond motifs is 1. The molecule has 0 amide bonds. The van der Waals surface area contributed by atoms with Crippen molar-refractivity contribution in [2.45, 2.75) is 38.5 Å². The number of ether oxygens (including phenoxy) is 3. The van der Waals surface area contributed by atoms with Gasteiger partial charge >= 0.3 is 11.9 Å². The number of benzene rings is 2. The van der Waals surface area contributed by atoms with Gasteiger partial charge in [0.25, 0.3) is 0 Å². The fourth-order valence-electron chi connectivity index (χ4n) is 2.75. The lowest BCUT2D eigenvalue weighted by Gasteiger charge is -2.11. The molecule has 26 heavy (non-hydrogen) atoms. The van der Waals surface area contributed by atoms with Crippen molar-refractivity contribution in [3.8, 4) is 5.75 Å². The lowest BCUT2D eigenvalue weighted by Crippen LogP contribution is -2.10. The van der Waals surface area contributed by atoms with Crippen LogP contribution in [0.2, 0.25) is 0 Å². The minimum absolute atomic E-state index is 0.165. The highest BCUT2D eigenvalue weighted by atomic mass is 16.5. The molecule has 0 aliphatic carbocycles. The van der Waals surface area contributed by atoms with E-state index in [1.807, 2.05) is 43.3 Å². The monoisotopic (exact) mass is 358 g/mol. The Labute approximate surface area is 154 Å². The maximum Gasteiger partial charge on any atom is 0.312 e. The summed E-state index contributed by atoms with van der Waals surface area (Å²) in [5, 5.41) is 2.12. The summed E-state index contributed by atoms with van der Waals surface area (Å²) in [5.41, 5.74) is 0.934. The first-order valence-corrected chi connectivity index (χ1v) is 8.86. The van der Waals surface area contributed by atoms with E-state index in [2.05, 4.69) is 4.74 Å². The fourth-order valence-corrected chi connectivity index (χ4v) is 2.75. The second kappa shape index (κ2) is 9.80. The van der Waals surface area contributed by atoms with Gasteiger partial charge in [-0.3, -0.25) is 9.59 Å². The molecule has 2 aromatic rings. The van der Waals surface area contributed by atoms with Gasteiger partial charge in [-0.2, -0.15) is 0 Å². The van der Waals surface area contributed by atoms with Gasteiger partial charge in [0.1, 0.15) is 5.75 Å². The normalized spacial score (nSPS) is 11.8. The largest absolute Gasteiger partial charge is 0.494 e. The zero-order valence-corrected chi connectivity index (χ0v) is 15.6. The van der Waals surface area contributed by atoms with Crippen molar-refractivity contribution >= 4 is 22.7 Å². The van der Waals surface area contributed by atoms with Crippen LogP contribution in [0.1, 0.15) is 44.1 Å². The van der Waals surface area contributed by atoms with E-state index in [9.17, 15) is 9.59 Å². The molecule has 1 unspecified atom stereocenters. The van der Waals surface area contributed by atoms with Crippen LogP contribution in [-0.4, -0.2) is 32.8 Å². The topological polar surface area (TPSA) is 61.8 Å². The summed E-state index contributed by atoms with van der Waals surface area (Å²) in [6.45, 7) is 2.45. The van der Waals surface area contributed by atoms with Gasteiger partial charge in [0.05, 0.1) is 26.7 Å². The molecule has 0 spiro atoms. The highest BCUT2D eigenvalue weighted by Gasteiger charge is 2.15. The molecule has 2 rings (SSSR count). The number of hydrogen-bond acceptors (Lipinski definition) is 5. The fraction of sp³-hybridized carbons (Fsp3) is 0.429. The first-order chi connectivity index (χ1) is 12.5. The molecule has 0 aliphatic heterocycles. The number of unbranched alkanes of at least 4 members (excludes halogenated alkanes) is 2. The summed E-state index contributed by atoms with van der Waals surface area (Å²) in [6, 6.07) is 11.9. The number of hydrogen-bond donors (Lipinski definition) is 0. The Balaban J connectivity index is 1.89. The van der Waals surface area contributed by atoms with Crippen LogP contribution in [0.15, 0.2) is 36.4 Å². The van der Waals surface area contributed by atoms with Gasteiger partial charge in [0, 0.05) is 6.42 Å². The number of methoxy groups -OCH3 is 2. The average Bonchev–Trinajstić information content (AvgIpc) is 2.68. The molecule has 1 atom stereocenters. The third-order valence-electron chi connectivity index (χ3n) is 4.41. The highest BCUT2D eigenvalue weighted by molar-refractivity contribution is 5.86. The summed E-state index contributed by atoms with van der Waals surface area (Å²) in [6.07, 6.45) is 3.09. The van der Waals surface area contributed by atoms with Crippen LogP contribution in [0.3, 0.4) is 0 Å². The van der Waals surface area contributed by atoms with Crippen LogP contribution in [0.25, 0.3) is 10.8 Å². The zero-order valence-electron chi connectivity index (χ0n) is 15.6. The van der Waals surface area contributed by atoms with Crippen LogP contribution < -0.4 is 4.74 Å². The van der Waals surface area contributed by atoms with Crippen molar-refractivity contribution in [2.75, 3.05) is 20.8 Å². The number of rotatable bonds is 9. The molecule has 140 valence electrons. The minimum Gasteiger partial charge on any atom is -0.494 e. The Morgan fingerprint density at radius 2 is 1.65 bits per heavy atom. The van der Waals surface area contributed by atoms with E-state index in [-0.39, 0.29) is 17.9 Å². The van der Waals surface area contributed by atoms with Crippen molar-refractivity contribution in [2.24, 2.45) is 0 Å². The second-order valence-corrected chi connectivity index (χ2v) is 6.25. The van der Waals surface area contributed by atoms with Gasteiger partial charge in [-0.25, -0.2) is 0 Å². The Hall–Kier alpha value is -2.56. The van der Waals surface area contributed by atoms with Gasteiger partial charge in [-0.1, -0.05) is 24.3 Å². The molecule has 0 saturated heterocycles. The van der Waals surface area contributed by atoms with Crippen LogP contribution in [0.5, 0.6) is 5.75 Å². The van der Waals surface area contributed by atoms with E-state index in [0.717, 1.165) is 41.3 Å². The predicted octanol–water partition coefficient (Wildman–Crippen LogP) is 4.23. The SMILES string of the molecule is COC(=O)CCCCCOc1ccc2cc(C(C)C(=O)OC)ccc2c1. The van der Waals surface area contributed by atoms with Gasteiger partial charge in [0.15, 0.2) is 0 Å². The van der Waals surface area contributed by atoms with Crippen LogP contribution in [0.4, 0.5) is 0 Å². The van der Waals surface area contributed by atoms with E-state index in [1.54, 1.807) is 0 Å². The van der Waals surface area contributed by atoms with Crippen molar-refractivity contribution in [3.63, 3.8) is 0 Å². The summed E-state index contributed by atoms with van der Waals surface area (Å²) in [7, 11) is 2.81. The molecule has 0 saturated carbocycles. The quantitative estimate of drug-likeness (QED) is 0.496. The van der Waals surface area contributed by atoms with Gasteiger partial charge in [-0.05, 0) is 54.7 Å². The predicted molar refractivity (Wildman–Crippen MR) is 100 cm³/mol. The molecule has 0 heterocycles. The van der Waals surface area contributed by atoms with Crippen LogP contribution in [-0.2, 0) is 19.1 Å². The van der Waals surface area contributed by atoms with Crippen molar-refractivity contribution in [3.05, 3.63) is 42.0 Å². The first kappa shape index (κ1) is 19.8. The Bertz CT molecular complexity index is 753. The Kier molecular flexibility index (Phi) is 7.45. The third kappa shape index (κ3) is 5.48. The summed E-state index contributed by atoms with van der Waals surface area (Å²) < 4.78 is 15.2. The van der Waals surface area contributed by atoms with E-state index < -0.39 is 0 Å². The summed E-state index contributed by atoms with van der Waals surface area (Å²) >= 11 is 0. The molecule has 0 aliphatic rings. The van der Waals surface area contributed by atoms with Crippen molar-refractivity contribution in [1.82, 2.24) is 0 Å². The Morgan fingerprint density at radius 3 is 2.38 bits per heavy atom. The first-order valence-electron chi connectivity index (χ1n) is 8.86. The van der Waals surface area contributed by atoms with Crippen LogP contribution >= 0.6 is 0 Å². The van der Waals surface area contributed by atoms with Crippen LogP contribution in [0, 0.1) is 0 Å². The summed E-state index contributed by atoms with van der Waals surface area (Å²) in [5.74, 6) is 0.127. The zero-order chi connectivity index (χ0) is 18.9. The van der Waals surface area contributed by atoms with E-state index >= 15 is 0 Å². The average molecular weight is 358 g/mol. The molecular formula is C21H26O5. The molecule has 0 N–H and O–H groups in total. The molecule has 5 heteroatoms. The van der Waals surface area contributed by atoms with E-state index in [0.29, 0.717) is 13.0 Å².